The van der Waals surface area contributed by atoms with Gasteiger partial charge in [0.05, 0.1) is 5.69 Å². The van der Waals surface area contributed by atoms with Crippen LogP contribution in [-0.2, 0) is 11.3 Å². The first-order chi connectivity index (χ1) is 10.4. The molecule has 7 heteroatoms. The number of hydrogen-bond donors (Lipinski definition) is 2. The highest BCUT2D eigenvalue weighted by atomic mass is 19.1. The third-order valence-electron chi connectivity index (χ3n) is 3.13. The average Bonchev–Trinajstić information content (AvgIpc) is 2.49. The van der Waals surface area contributed by atoms with Gasteiger partial charge in [-0.2, -0.15) is 0 Å². The van der Waals surface area contributed by atoms with Crippen molar-refractivity contribution in [3.63, 3.8) is 0 Å². The van der Waals surface area contributed by atoms with Crippen molar-refractivity contribution in [2.75, 3.05) is 7.05 Å². The number of aromatic carboxylic acids is 1. The molecule has 1 amide bonds. The fourth-order valence-corrected chi connectivity index (χ4v) is 1.99. The number of amides is 1. The van der Waals surface area contributed by atoms with Gasteiger partial charge in [-0.05, 0) is 42.0 Å². The highest BCUT2D eigenvalue weighted by molar-refractivity contribution is 5.88. The fourth-order valence-electron chi connectivity index (χ4n) is 1.99. The van der Waals surface area contributed by atoms with Crippen LogP contribution in [0.25, 0.3) is 11.3 Å². The number of halogens is 1. The molecule has 6 nitrogen and oxygen atoms in total. The predicted octanol–water partition coefficient (Wildman–Crippen LogP) is 1.10. The SMILES string of the molecule is CNC(=O)Cn1c(-c2ccc(F)cc2)ccc(C(=O)O)c1=O. The number of likely N-dealkylation sites (N-methyl/N-ethyl adjacent to an activating group) is 1. The summed E-state index contributed by atoms with van der Waals surface area (Å²) < 4.78 is 14.1. The van der Waals surface area contributed by atoms with Crippen molar-refractivity contribution in [2.45, 2.75) is 6.54 Å². The van der Waals surface area contributed by atoms with Gasteiger partial charge in [0, 0.05) is 7.05 Å². The van der Waals surface area contributed by atoms with Crippen molar-refractivity contribution in [3.8, 4) is 11.3 Å². The average molecular weight is 304 g/mol. The van der Waals surface area contributed by atoms with Gasteiger partial charge in [-0.3, -0.25) is 14.2 Å². The molecule has 1 heterocycles. The molecule has 0 unspecified atom stereocenters. The molecule has 1 aromatic heterocycles. The van der Waals surface area contributed by atoms with Crippen molar-refractivity contribution in [2.24, 2.45) is 0 Å². The number of benzene rings is 1. The fraction of sp³-hybridized carbons (Fsp3) is 0.133. The van der Waals surface area contributed by atoms with Crippen LogP contribution in [0.4, 0.5) is 4.39 Å². The third-order valence-corrected chi connectivity index (χ3v) is 3.13. The van der Waals surface area contributed by atoms with Crippen LogP contribution in [0.5, 0.6) is 0 Å². The summed E-state index contributed by atoms with van der Waals surface area (Å²) in [6, 6.07) is 7.92. The van der Waals surface area contributed by atoms with E-state index in [1.165, 1.54) is 43.4 Å². The number of carbonyl (C=O) groups excluding carboxylic acids is 1. The van der Waals surface area contributed by atoms with E-state index in [-0.39, 0.29) is 6.54 Å². The van der Waals surface area contributed by atoms with Crippen LogP contribution in [0.2, 0.25) is 0 Å². The Balaban J connectivity index is 2.65. The molecular weight excluding hydrogens is 291 g/mol. The Morgan fingerprint density at radius 1 is 1.18 bits per heavy atom. The van der Waals surface area contributed by atoms with Crippen molar-refractivity contribution in [3.05, 3.63) is 58.1 Å². The zero-order valence-corrected chi connectivity index (χ0v) is 11.7. The summed E-state index contributed by atoms with van der Waals surface area (Å²) in [4.78, 5) is 34.9. The number of pyridine rings is 1. The van der Waals surface area contributed by atoms with Gasteiger partial charge in [-0.1, -0.05) is 0 Å². The van der Waals surface area contributed by atoms with Crippen LogP contribution in [0.1, 0.15) is 10.4 Å². The zero-order valence-electron chi connectivity index (χ0n) is 11.7. The van der Waals surface area contributed by atoms with E-state index in [2.05, 4.69) is 5.32 Å². The van der Waals surface area contributed by atoms with E-state index in [1.54, 1.807) is 0 Å². The van der Waals surface area contributed by atoms with Crippen LogP contribution >= 0.6 is 0 Å². The van der Waals surface area contributed by atoms with E-state index in [0.29, 0.717) is 11.3 Å². The highest BCUT2D eigenvalue weighted by Crippen LogP contribution is 2.19. The second-order valence-corrected chi connectivity index (χ2v) is 4.51. The maximum Gasteiger partial charge on any atom is 0.341 e. The monoisotopic (exact) mass is 304 g/mol. The Morgan fingerprint density at radius 2 is 1.82 bits per heavy atom. The molecule has 0 saturated heterocycles. The summed E-state index contributed by atoms with van der Waals surface area (Å²) in [5.41, 5.74) is -0.398. The Hall–Kier alpha value is -2.96. The zero-order chi connectivity index (χ0) is 16.3. The van der Waals surface area contributed by atoms with E-state index >= 15 is 0 Å². The van der Waals surface area contributed by atoms with Gasteiger partial charge in [0.15, 0.2) is 0 Å². The molecule has 0 radical (unpaired) electrons. The maximum atomic E-state index is 13.0. The number of rotatable bonds is 4. The van der Waals surface area contributed by atoms with E-state index in [0.717, 1.165) is 4.57 Å². The minimum Gasteiger partial charge on any atom is -0.477 e. The third kappa shape index (κ3) is 3.03. The van der Waals surface area contributed by atoms with Crippen molar-refractivity contribution < 1.29 is 19.1 Å². The first-order valence-electron chi connectivity index (χ1n) is 6.37. The molecular formula is C15H13FN2O4. The second-order valence-electron chi connectivity index (χ2n) is 4.51. The molecule has 114 valence electrons. The Kier molecular flexibility index (Phi) is 4.36. The first kappa shape index (κ1) is 15.4. The summed E-state index contributed by atoms with van der Waals surface area (Å²) in [7, 11) is 1.41. The van der Waals surface area contributed by atoms with Crippen molar-refractivity contribution in [1.29, 1.82) is 0 Å². The normalized spacial score (nSPS) is 10.3. The number of carboxylic acids is 1. The van der Waals surface area contributed by atoms with Gasteiger partial charge < -0.3 is 10.4 Å². The minimum absolute atomic E-state index is 0.330. The molecule has 0 aliphatic heterocycles. The molecule has 0 bridgehead atoms. The summed E-state index contributed by atoms with van der Waals surface area (Å²) in [6.45, 7) is -0.330. The standard InChI is InChI=1S/C15H13FN2O4/c1-17-13(19)8-18-12(9-2-4-10(16)5-3-9)7-6-11(14(18)20)15(21)22/h2-7H,8H2,1H3,(H,17,19)(H,21,22). The predicted molar refractivity (Wildman–Crippen MR) is 77.1 cm³/mol. The number of hydrogen-bond acceptors (Lipinski definition) is 3. The van der Waals surface area contributed by atoms with Crippen LogP contribution in [-0.4, -0.2) is 28.6 Å². The van der Waals surface area contributed by atoms with Gasteiger partial charge in [0.25, 0.3) is 5.56 Å². The lowest BCUT2D eigenvalue weighted by molar-refractivity contribution is -0.121. The molecule has 0 aliphatic rings. The summed E-state index contributed by atoms with van der Waals surface area (Å²) in [5.74, 6) is -2.26. The minimum atomic E-state index is -1.37. The van der Waals surface area contributed by atoms with Gasteiger partial charge in [-0.25, -0.2) is 9.18 Å². The molecule has 2 N–H and O–H groups in total. The van der Waals surface area contributed by atoms with Crippen LogP contribution in [0.15, 0.2) is 41.2 Å². The lowest BCUT2D eigenvalue weighted by atomic mass is 10.1. The lowest BCUT2D eigenvalue weighted by Crippen LogP contribution is -2.33. The second kappa shape index (κ2) is 6.21. The van der Waals surface area contributed by atoms with Gasteiger partial charge in [0.2, 0.25) is 5.91 Å². The number of nitrogens with one attached hydrogen (secondary N) is 1. The van der Waals surface area contributed by atoms with Gasteiger partial charge >= 0.3 is 5.97 Å². The maximum absolute atomic E-state index is 13.0. The lowest BCUT2D eigenvalue weighted by Gasteiger charge is -2.13. The summed E-state index contributed by atoms with van der Waals surface area (Å²) >= 11 is 0. The van der Waals surface area contributed by atoms with E-state index < -0.39 is 28.8 Å². The number of aromatic nitrogens is 1. The molecule has 0 spiro atoms. The molecule has 0 aliphatic carbocycles. The Labute approximate surface area is 124 Å². The van der Waals surface area contributed by atoms with Crippen molar-refractivity contribution in [1.82, 2.24) is 9.88 Å². The summed E-state index contributed by atoms with van der Waals surface area (Å²) in [6.07, 6.45) is 0. The number of carboxylic acid groups (broad SMARTS) is 1. The van der Waals surface area contributed by atoms with Gasteiger partial charge in [0.1, 0.15) is 17.9 Å². The van der Waals surface area contributed by atoms with Crippen molar-refractivity contribution >= 4 is 11.9 Å². The Bertz CT molecular complexity index is 781. The smallest absolute Gasteiger partial charge is 0.341 e. The van der Waals surface area contributed by atoms with Crippen LogP contribution < -0.4 is 10.9 Å². The molecule has 22 heavy (non-hydrogen) atoms. The van der Waals surface area contributed by atoms with E-state index in [9.17, 15) is 18.8 Å². The quantitative estimate of drug-likeness (QED) is 0.885. The molecule has 0 saturated carbocycles. The highest BCUT2D eigenvalue weighted by Gasteiger charge is 2.16. The largest absolute Gasteiger partial charge is 0.477 e. The molecule has 2 rings (SSSR count). The van der Waals surface area contributed by atoms with Crippen LogP contribution in [0, 0.1) is 5.82 Å². The van der Waals surface area contributed by atoms with Crippen LogP contribution in [0.3, 0.4) is 0 Å². The summed E-state index contributed by atoms with van der Waals surface area (Å²) in [5, 5.41) is 11.4. The van der Waals surface area contributed by atoms with E-state index in [4.69, 9.17) is 5.11 Å². The molecule has 1 aromatic carbocycles. The molecule has 0 fully saturated rings. The Morgan fingerprint density at radius 3 is 2.36 bits per heavy atom. The van der Waals surface area contributed by atoms with E-state index in [1.807, 2.05) is 0 Å². The van der Waals surface area contributed by atoms with Gasteiger partial charge in [-0.15, -0.1) is 0 Å². The molecule has 2 aromatic rings. The number of carbonyl (C=O) groups is 2. The first-order valence-corrected chi connectivity index (χ1v) is 6.37. The molecule has 0 atom stereocenters. The topological polar surface area (TPSA) is 88.4 Å². The number of nitrogens with zero attached hydrogens (tertiary/aromatic N) is 1.